The molecule has 1 fully saturated rings. The van der Waals surface area contributed by atoms with Crippen LogP contribution in [0.4, 0.5) is 4.39 Å². The highest BCUT2D eigenvalue weighted by atomic mass is 32.2. The SMILES string of the molecule is CCCCOC(=O)C1CSC(c2ccccc2)N1C(=O)c1ccc(F)cc1. The Hall–Kier alpha value is -2.34. The van der Waals surface area contributed by atoms with E-state index in [-0.39, 0.29) is 17.3 Å². The van der Waals surface area contributed by atoms with Crippen LogP contribution in [0.5, 0.6) is 0 Å². The Labute approximate surface area is 162 Å². The zero-order chi connectivity index (χ0) is 19.2. The zero-order valence-electron chi connectivity index (χ0n) is 15.1. The fraction of sp³-hybridized carbons (Fsp3) is 0.333. The van der Waals surface area contributed by atoms with Crippen molar-refractivity contribution in [1.82, 2.24) is 4.90 Å². The van der Waals surface area contributed by atoms with Crippen molar-refractivity contribution in [2.45, 2.75) is 31.2 Å². The van der Waals surface area contributed by atoms with E-state index in [4.69, 9.17) is 4.74 Å². The second-order valence-electron chi connectivity index (χ2n) is 6.35. The van der Waals surface area contributed by atoms with Crippen LogP contribution >= 0.6 is 11.8 Å². The molecule has 3 rings (SSSR count). The zero-order valence-corrected chi connectivity index (χ0v) is 16.0. The van der Waals surface area contributed by atoms with Crippen molar-refractivity contribution < 1.29 is 18.7 Å². The van der Waals surface area contributed by atoms with Crippen LogP contribution in [0.25, 0.3) is 0 Å². The number of hydrogen-bond acceptors (Lipinski definition) is 4. The first-order valence-electron chi connectivity index (χ1n) is 9.03. The van der Waals surface area contributed by atoms with Gasteiger partial charge in [0, 0.05) is 11.3 Å². The van der Waals surface area contributed by atoms with Gasteiger partial charge in [-0.3, -0.25) is 4.79 Å². The molecule has 0 radical (unpaired) electrons. The first-order valence-corrected chi connectivity index (χ1v) is 10.1. The van der Waals surface area contributed by atoms with Gasteiger partial charge in [-0.2, -0.15) is 0 Å². The van der Waals surface area contributed by atoms with Crippen molar-refractivity contribution in [2.24, 2.45) is 0 Å². The Morgan fingerprint density at radius 2 is 1.85 bits per heavy atom. The molecule has 0 saturated carbocycles. The minimum Gasteiger partial charge on any atom is -0.464 e. The molecule has 0 aromatic heterocycles. The Morgan fingerprint density at radius 1 is 1.15 bits per heavy atom. The molecule has 142 valence electrons. The fourth-order valence-corrected chi connectivity index (χ4v) is 4.38. The molecule has 0 spiro atoms. The van der Waals surface area contributed by atoms with E-state index < -0.39 is 11.9 Å². The Kier molecular flexibility index (Phi) is 6.50. The van der Waals surface area contributed by atoms with Crippen LogP contribution in [-0.2, 0) is 9.53 Å². The number of carbonyl (C=O) groups excluding carboxylic acids is 2. The number of carbonyl (C=O) groups is 2. The van der Waals surface area contributed by atoms with Gasteiger partial charge in [0.2, 0.25) is 0 Å². The van der Waals surface area contributed by atoms with E-state index in [1.165, 1.54) is 36.0 Å². The summed E-state index contributed by atoms with van der Waals surface area (Å²) >= 11 is 1.54. The molecule has 4 nitrogen and oxygen atoms in total. The molecule has 2 aromatic rings. The van der Waals surface area contributed by atoms with Gasteiger partial charge in [-0.25, -0.2) is 9.18 Å². The van der Waals surface area contributed by atoms with Gasteiger partial charge in [-0.05, 0) is 36.2 Å². The summed E-state index contributed by atoms with van der Waals surface area (Å²) < 4.78 is 18.6. The van der Waals surface area contributed by atoms with E-state index >= 15 is 0 Å². The lowest BCUT2D eigenvalue weighted by Gasteiger charge is -2.28. The van der Waals surface area contributed by atoms with Crippen molar-refractivity contribution in [1.29, 1.82) is 0 Å². The monoisotopic (exact) mass is 387 g/mol. The van der Waals surface area contributed by atoms with Crippen molar-refractivity contribution in [3.05, 3.63) is 71.5 Å². The van der Waals surface area contributed by atoms with Gasteiger partial charge in [0.15, 0.2) is 0 Å². The molecule has 2 atom stereocenters. The van der Waals surface area contributed by atoms with Crippen molar-refractivity contribution in [3.63, 3.8) is 0 Å². The minimum atomic E-state index is -0.658. The summed E-state index contributed by atoms with van der Waals surface area (Å²) in [5.74, 6) is -0.620. The van der Waals surface area contributed by atoms with Crippen LogP contribution < -0.4 is 0 Å². The molecule has 1 heterocycles. The van der Waals surface area contributed by atoms with Crippen molar-refractivity contribution >= 4 is 23.6 Å². The van der Waals surface area contributed by atoms with Crippen LogP contribution in [-0.4, -0.2) is 35.2 Å². The van der Waals surface area contributed by atoms with E-state index in [9.17, 15) is 14.0 Å². The smallest absolute Gasteiger partial charge is 0.329 e. The predicted molar refractivity (Wildman–Crippen MR) is 104 cm³/mol. The number of amides is 1. The average molecular weight is 387 g/mol. The summed E-state index contributed by atoms with van der Waals surface area (Å²) in [5.41, 5.74) is 1.30. The van der Waals surface area contributed by atoms with Gasteiger partial charge in [-0.15, -0.1) is 11.8 Å². The maximum Gasteiger partial charge on any atom is 0.329 e. The van der Waals surface area contributed by atoms with Crippen molar-refractivity contribution in [2.75, 3.05) is 12.4 Å². The number of nitrogens with zero attached hydrogens (tertiary/aromatic N) is 1. The molecule has 1 aliphatic rings. The van der Waals surface area contributed by atoms with E-state index in [1.807, 2.05) is 37.3 Å². The molecule has 0 bridgehead atoms. The number of unbranched alkanes of at least 4 members (excludes halogenated alkanes) is 1. The lowest BCUT2D eigenvalue weighted by atomic mass is 10.1. The van der Waals surface area contributed by atoms with Crippen LogP contribution in [0.1, 0.15) is 41.1 Å². The predicted octanol–water partition coefficient (Wildman–Crippen LogP) is 4.43. The summed E-state index contributed by atoms with van der Waals surface area (Å²) in [7, 11) is 0. The largest absolute Gasteiger partial charge is 0.464 e. The molecule has 0 aliphatic carbocycles. The van der Waals surface area contributed by atoms with Crippen LogP contribution in [0, 0.1) is 5.82 Å². The molecule has 1 aliphatic heterocycles. The number of halogens is 1. The Bertz CT molecular complexity index is 782. The third-order valence-corrected chi connectivity index (χ3v) is 5.75. The lowest BCUT2D eigenvalue weighted by Crippen LogP contribution is -2.44. The molecule has 0 N–H and O–H groups in total. The van der Waals surface area contributed by atoms with E-state index in [0.29, 0.717) is 17.9 Å². The van der Waals surface area contributed by atoms with Gasteiger partial charge in [0.05, 0.1) is 6.61 Å². The first-order chi connectivity index (χ1) is 13.1. The third-order valence-electron chi connectivity index (χ3n) is 4.43. The highest BCUT2D eigenvalue weighted by Gasteiger charge is 2.43. The van der Waals surface area contributed by atoms with E-state index in [0.717, 1.165) is 18.4 Å². The Balaban J connectivity index is 1.88. The summed E-state index contributed by atoms with van der Waals surface area (Å²) in [6.45, 7) is 2.38. The molecule has 1 amide bonds. The van der Waals surface area contributed by atoms with Gasteiger partial charge < -0.3 is 9.64 Å². The second kappa shape index (κ2) is 9.04. The second-order valence-corrected chi connectivity index (χ2v) is 7.47. The summed E-state index contributed by atoms with van der Waals surface area (Å²) in [5, 5.41) is -0.285. The number of thioether (sulfide) groups is 1. The third kappa shape index (κ3) is 4.50. The van der Waals surface area contributed by atoms with Gasteiger partial charge in [0.1, 0.15) is 17.2 Å². The highest BCUT2D eigenvalue weighted by Crippen LogP contribution is 2.42. The van der Waals surface area contributed by atoms with Crippen LogP contribution in [0.15, 0.2) is 54.6 Å². The minimum absolute atomic E-state index is 0.285. The van der Waals surface area contributed by atoms with Gasteiger partial charge in [0.25, 0.3) is 5.91 Å². The van der Waals surface area contributed by atoms with Crippen LogP contribution in [0.3, 0.4) is 0 Å². The molecule has 27 heavy (non-hydrogen) atoms. The topological polar surface area (TPSA) is 46.6 Å². The van der Waals surface area contributed by atoms with E-state index in [1.54, 1.807) is 4.90 Å². The standard InChI is InChI=1S/C21H22FNO3S/c1-2-3-13-26-21(25)18-14-27-20(16-7-5-4-6-8-16)23(18)19(24)15-9-11-17(22)12-10-15/h4-12,18,20H,2-3,13-14H2,1H3. The van der Waals surface area contributed by atoms with Crippen molar-refractivity contribution in [3.8, 4) is 0 Å². The molecular weight excluding hydrogens is 365 g/mol. The van der Waals surface area contributed by atoms with Gasteiger partial charge >= 0.3 is 5.97 Å². The fourth-order valence-electron chi connectivity index (χ4n) is 2.97. The number of rotatable bonds is 6. The summed E-state index contributed by atoms with van der Waals surface area (Å²) in [4.78, 5) is 27.3. The number of ether oxygens (including phenoxy) is 1. The molecule has 2 aromatic carbocycles. The lowest BCUT2D eigenvalue weighted by molar-refractivity contribution is -0.148. The number of benzene rings is 2. The maximum atomic E-state index is 13.2. The Morgan fingerprint density at radius 3 is 2.52 bits per heavy atom. The molecule has 1 saturated heterocycles. The molecule has 6 heteroatoms. The normalized spacial score (nSPS) is 19.1. The van der Waals surface area contributed by atoms with E-state index in [2.05, 4.69) is 0 Å². The van der Waals surface area contributed by atoms with Gasteiger partial charge in [-0.1, -0.05) is 43.7 Å². The first kappa shape index (κ1) is 19.4. The summed E-state index contributed by atoms with van der Waals surface area (Å²) in [6, 6.07) is 14.3. The highest BCUT2D eigenvalue weighted by molar-refractivity contribution is 7.99. The average Bonchev–Trinajstić information content (AvgIpc) is 3.14. The summed E-state index contributed by atoms with van der Waals surface area (Å²) in [6.07, 6.45) is 1.72. The maximum absolute atomic E-state index is 13.2. The molecule has 2 unspecified atom stereocenters. The number of hydrogen-bond donors (Lipinski definition) is 0. The quantitative estimate of drug-likeness (QED) is 0.544. The van der Waals surface area contributed by atoms with Crippen LogP contribution in [0.2, 0.25) is 0 Å². The molecular formula is C21H22FNO3S. The number of esters is 1.